The number of amides is 1. The molecule has 0 aliphatic carbocycles. The van der Waals surface area contributed by atoms with Crippen LogP contribution in [0.3, 0.4) is 0 Å². The van der Waals surface area contributed by atoms with E-state index < -0.39 is 10.0 Å². The van der Waals surface area contributed by atoms with Gasteiger partial charge in [-0.3, -0.25) is 9.52 Å². The average Bonchev–Trinajstić information content (AvgIpc) is 2.60. The number of sulfonamides is 1. The first-order chi connectivity index (χ1) is 12.3. The predicted molar refractivity (Wildman–Crippen MR) is 106 cm³/mol. The van der Waals surface area contributed by atoms with E-state index in [1.807, 2.05) is 19.2 Å². The Balaban J connectivity index is 2.07. The second-order valence-electron chi connectivity index (χ2n) is 6.13. The van der Waals surface area contributed by atoms with Crippen LogP contribution in [0.15, 0.2) is 53.4 Å². The molecule has 0 aliphatic heterocycles. The second-order valence-corrected chi connectivity index (χ2v) is 7.82. The van der Waals surface area contributed by atoms with Crippen LogP contribution < -0.4 is 14.9 Å². The molecule has 0 radical (unpaired) electrons. The first-order valence-electron chi connectivity index (χ1n) is 8.53. The van der Waals surface area contributed by atoms with E-state index in [-0.39, 0.29) is 10.8 Å². The number of carbonyl (C=O) groups excluding carboxylic acids is 1. The predicted octanol–water partition coefficient (Wildman–Crippen LogP) is 3.68. The Hall–Kier alpha value is -2.54. The highest BCUT2D eigenvalue weighted by Gasteiger charge is 2.14. The Morgan fingerprint density at radius 2 is 1.58 bits per heavy atom. The van der Waals surface area contributed by atoms with Crippen molar-refractivity contribution in [2.75, 3.05) is 28.5 Å². The van der Waals surface area contributed by atoms with Crippen LogP contribution in [0.2, 0.25) is 0 Å². The third-order valence-corrected chi connectivity index (χ3v) is 5.29. The molecule has 0 aromatic heterocycles. The van der Waals surface area contributed by atoms with Gasteiger partial charge in [0.1, 0.15) is 0 Å². The third-order valence-electron chi connectivity index (χ3n) is 3.89. The zero-order chi connectivity index (χ0) is 19.2. The van der Waals surface area contributed by atoms with Gasteiger partial charge >= 0.3 is 0 Å². The van der Waals surface area contributed by atoms with Gasteiger partial charge in [0, 0.05) is 37.6 Å². The summed E-state index contributed by atoms with van der Waals surface area (Å²) in [6.07, 6.45) is 2.24. The fourth-order valence-corrected chi connectivity index (χ4v) is 3.50. The van der Waals surface area contributed by atoms with Crippen molar-refractivity contribution in [2.45, 2.75) is 31.6 Å². The zero-order valence-corrected chi connectivity index (χ0v) is 16.1. The lowest BCUT2D eigenvalue weighted by molar-refractivity contribution is -0.114. The van der Waals surface area contributed by atoms with Gasteiger partial charge in [-0.05, 0) is 55.0 Å². The Bertz CT molecular complexity index is 831. The van der Waals surface area contributed by atoms with Crippen molar-refractivity contribution < 1.29 is 13.2 Å². The molecule has 0 saturated carbocycles. The molecular formula is C19H25N3O3S. The quantitative estimate of drug-likeness (QED) is 0.738. The molecule has 0 atom stereocenters. The lowest BCUT2D eigenvalue weighted by Crippen LogP contribution is -2.18. The summed E-state index contributed by atoms with van der Waals surface area (Å²) in [4.78, 5) is 13.3. The molecule has 2 aromatic rings. The Kier molecular flexibility index (Phi) is 6.63. The van der Waals surface area contributed by atoms with Crippen LogP contribution in [0.4, 0.5) is 17.1 Å². The van der Waals surface area contributed by atoms with Crippen molar-refractivity contribution in [3.8, 4) is 0 Å². The topological polar surface area (TPSA) is 78.5 Å². The van der Waals surface area contributed by atoms with Crippen molar-refractivity contribution in [1.29, 1.82) is 0 Å². The molecule has 0 unspecified atom stereocenters. The van der Waals surface area contributed by atoms with E-state index >= 15 is 0 Å². The molecule has 2 rings (SSSR count). The van der Waals surface area contributed by atoms with Gasteiger partial charge in [0.15, 0.2) is 0 Å². The third kappa shape index (κ3) is 5.49. The van der Waals surface area contributed by atoms with Crippen molar-refractivity contribution in [3.05, 3.63) is 48.5 Å². The Labute approximate surface area is 155 Å². The van der Waals surface area contributed by atoms with Gasteiger partial charge in [-0.15, -0.1) is 0 Å². The minimum Gasteiger partial charge on any atom is -0.375 e. The molecule has 0 aliphatic rings. The summed E-state index contributed by atoms with van der Waals surface area (Å²) in [5.74, 6) is -0.206. The second kappa shape index (κ2) is 8.71. The summed E-state index contributed by atoms with van der Waals surface area (Å²) >= 11 is 0. The summed E-state index contributed by atoms with van der Waals surface area (Å²) in [6.45, 7) is 4.51. The number of rotatable bonds is 8. The molecule has 0 saturated heterocycles. The van der Waals surface area contributed by atoms with Crippen molar-refractivity contribution >= 4 is 33.0 Å². The van der Waals surface area contributed by atoms with Crippen molar-refractivity contribution in [3.63, 3.8) is 0 Å². The van der Waals surface area contributed by atoms with E-state index in [4.69, 9.17) is 0 Å². The summed E-state index contributed by atoms with van der Waals surface area (Å²) in [5, 5.41) is 2.61. The minimum atomic E-state index is -3.68. The molecule has 1 amide bonds. The molecule has 0 bridgehead atoms. The number of unbranched alkanes of at least 4 members (excludes halogenated alkanes) is 1. The maximum Gasteiger partial charge on any atom is 0.261 e. The Morgan fingerprint density at radius 1 is 1.00 bits per heavy atom. The highest BCUT2D eigenvalue weighted by Crippen LogP contribution is 2.21. The van der Waals surface area contributed by atoms with Crippen LogP contribution in [-0.2, 0) is 14.8 Å². The van der Waals surface area contributed by atoms with Crippen molar-refractivity contribution in [1.82, 2.24) is 0 Å². The first-order valence-corrected chi connectivity index (χ1v) is 10.0. The largest absolute Gasteiger partial charge is 0.375 e. The highest BCUT2D eigenvalue weighted by atomic mass is 32.2. The van der Waals surface area contributed by atoms with Crippen molar-refractivity contribution in [2.24, 2.45) is 0 Å². The standard InChI is InChI=1S/C19H25N3O3S/c1-4-5-14-22(3)18-10-6-17(7-11-18)21-26(24,25)19-12-8-16(9-13-19)20-15(2)23/h6-13,21H,4-5,14H2,1-3H3,(H,20,23). The minimum absolute atomic E-state index is 0.135. The fraction of sp³-hybridized carbons (Fsp3) is 0.316. The summed E-state index contributed by atoms with van der Waals surface area (Å²) in [6, 6.07) is 13.3. The molecule has 2 aromatic carbocycles. The molecule has 2 N–H and O–H groups in total. The Morgan fingerprint density at radius 3 is 2.12 bits per heavy atom. The first kappa shape index (κ1) is 19.8. The monoisotopic (exact) mass is 375 g/mol. The van der Waals surface area contributed by atoms with E-state index in [1.165, 1.54) is 19.1 Å². The van der Waals surface area contributed by atoms with Crippen LogP contribution in [0, 0.1) is 0 Å². The van der Waals surface area contributed by atoms with Gasteiger partial charge in [-0.25, -0.2) is 8.42 Å². The van der Waals surface area contributed by atoms with E-state index in [1.54, 1.807) is 24.3 Å². The van der Waals surface area contributed by atoms with E-state index in [0.29, 0.717) is 11.4 Å². The number of anilines is 3. The zero-order valence-electron chi connectivity index (χ0n) is 15.3. The SMILES string of the molecule is CCCCN(C)c1ccc(NS(=O)(=O)c2ccc(NC(C)=O)cc2)cc1. The molecule has 7 heteroatoms. The van der Waals surface area contributed by atoms with Gasteiger partial charge in [0.25, 0.3) is 10.0 Å². The molecule has 0 fully saturated rings. The maximum absolute atomic E-state index is 12.5. The summed E-state index contributed by atoms with van der Waals surface area (Å²) in [5.41, 5.74) is 2.10. The van der Waals surface area contributed by atoms with Crippen LogP contribution in [0.25, 0.3) is 0 Å². The van der Waals surface area contributed by atoms with Crippen LogP contribution >= 0.6 is 0 Å². The van der Waals surface area contributed by atoms with Gasteiger partial charge in [0.05, 0.1) is 4.90 Å². The average molecular weight is 375 g/mol. The van der Waals surface area contributed by atoms with E-state index in [9.17, 15) is 13.2 Å². The van der Waals surface area contributed by atoms with E-state index in [2.05, 4.69) is 21.9 Å². The fourth-order valence-electron chi connectivity index (χ4n) is 2.44. The number of nitrogens with one attached hydrogen (secondary N) is 2. The van der Waals surface area contributed by atoms with Crippen LogP contribution in [0.1, 0.15) is 26.7 Å². The number of hydrogen-bond donors (Lipinski definition) is 2. The molecule has 0 spiro atoms. The summed E-state index contributed by atoms with van der Waals surface area (Å²) in [7, 11) is -1.66. The molecule has 26 heavy (non-hydrogen) atoms. The number of nitrogens with zero attached hydrogens (tertiary/aromatic N) is 1. The summed E-state index contributed by atoms with van der Waals surface area (Å²) < 4.78 is 27.5. The molecule has 140 valence electrons. The lowest BCUT2D eigenvalue weighted by atomic mass is 10.2. The smallest absolute Gasteiger partial charge is 0.261 e. The van der Waals surface area contributed by atoms with Gasteiger partial charge < -0.3 is 10.2 Å². The number of carbonyl (C=O) groups is 1. The maximum atomic E-state index is 12.5. The molecular weight excluding hydrogens is 350 g/mol. The normalized spacial score (nSPS) is 11.0. The number of benzene rings is 2. The van der Waals surface area contributed by atoms with Crippen LogP contribution in [-0.4, -0.2) is 27.9 Å². The molecule has 6 nitrogen and oxygen atoms in total. The van der Waals surface area contributed by atoms with E-state index in [0.717, 1.165) is 25.1 Å². The van der Waals surface area contributed by atoms with Gasteiger partial charge in [0.2, 0.25) is 5.91 Å². The molecule has 0 heterocycles. The van der Waals surface area contributed by atoms with Gasteiger partial charge in [-0.2, -0.15) is 0 Å². The number of hydrogen-bond acceptors (Lipinski definition) is 4. The highest BCUT2D eigenvalue weighted by molar-refractivity contribution is 7.92. The van der Waals surface area contributed by atoms with Crippen LogP contribution in [0.5, 0.6) is 0 Å². The lowest BCUT2D eigenvalue weighted by Gasteiger charge is -2.19. The van der Waals surface area contributed by atoms with Gasteiger partial charge in [-0.1, -0.05) is 13.3 Å².